The number of rotatable bonds is 5. The molecule has 0 aliphatic heterocycles. The van der Waals surface area contributed by atoms with Crippen molar-refractivity contribution in [3.63, 3.8) is 0 Å². The Morgan fingerprint density at radius 1 is 1.04 bits per heavy atom. The number of halogens is 1. The summed E-state index contributed by atoms with van der Waals surface area (Å²) in [5.74, 6) is 0.697. The molecule has 0 saturated heterocycles. The van der Waals surface area contributed by atoms with Crippen LogP contribution in [0.4, 0.5) is 5.69 Å². The number of hydrogen-bond acceptors (Lipinski definition) is 5. The highest BCUT2D eigenvalue weighted by Gasteiger charge is 2.36. The largest absolute Gasteiger partial charge is 0.496 e. The molecule has 1 aliphatic rings. The van der Waals surface area contributed by atoms with Crippen LogP contribution < -0.4 is 14.8 Å². The SMILES string of the molecule is COc1cccc2c1C(=O)c1c(cc(NCCCl)c(C)c1OC)C2=O. The Balaban J connectivity index is 2.28. The zero-order valence-electron chi connectivity index (χ0n) is 14.2. The third-order valence-electron chi connectivity index (χ3n) is 4.33. The molecule has 6 heteroatoms. The van der Waals surface area contributed by atoms with Crippen LogP contribution in [0.15, 0.2) is 24.3 Å². The zero-order valence-corrected chi connectivity index (χ0v) is 15.0. The van der Waals surface area contributed by atoms with Crippen molar-refractivity contribution in [2.45, 2.75) is 6.92 Å². The summed E-state index contributed by atoms with van der Waals surface area (Å²) in [6, 6.07) is 6.71. The minimum absolute atomic E-state index is 0.226. The van der Waals surface area contributed by atoms with Crippen molar-refractivity contribution in [2.24, 2.45) is 0 Å². The fraction of sp³-hybridized carbons (Fsp3) is 0.263. The number of carbonyl (C=O) groups is 2. The van der Waals surface area contributed by atoms with Gasteiger partial charge < -0.3 is 14.8 Å². The summed E-state index contributed by atoms with van der Waals surface area (Å²) in [7, 11) is 2.97. The Kier molecular flexibility index (Phi) is 4.68. The maximum absolute atomic E-state index is 13.1. The molecule has 1 aliphatic carbocycles. The van der Waals surface area contributed by atoms with Crippen molar-refractivity contribution in [3.05, 3.63) is 52.1 Å². The smallest absolute Gasteiger partial charge is 0.201 e. The Hall–Kier alpha value is -2.53. The molecule has 2 aromatic carbocycles. The summed E-state index contributed by atoms with van der Waals surface area (Å²) in [5.41, 5.74) is 2.70. The first-order valence-corrected chi connectivity index (χ1v) is 8.36. The predicted octanol–water partition coefficient (Wildman–Crippen LogP) is 3.44. The molecule has 2 aromatic rings. The molecule has 5 nitrogen and oxygen atoms in total. The number of methoxy groups -OCH3 is 2. The second-order valence-electron chi connectivity index (χ2n) is 5.66. The summed E-state index contributed by atoms with van der Waals surface area (Å²) in [6.45, 7) is 2.38. The molecule has 130 valence electrons. The Bertz CT molecular complexity index is 876. The second kappa shape index (κ2) is 6.76. The highest BCUT2D eigenvalue weighted by molar-refractivity contribution is 6.30. The molecule has 1 N–H and O–H groups in total. The van der Waals surface area contributed by atoms with Crippen LogP contribution in [0.2, 0.25) is 0 Å². The van der Waals surface area contributed by atoms with Gasteiger partial charge in [-0.3, -0.25) is 9.59 Å². The van der Waals surface area contributed by atoms with Crippen LogP contribution in [0.1, 0.15) is 37.4 Å². The van der Waals surface area contributed by atoms with Crippen LogP contribution in [0.25, 0.3) is 0 Å². The number of fused-ring (bicyclic) bond motifs is 2. The highest BCUT2D eigenvalue weighted by Crippen LogP contribution is 2.41. The van der Waals surface area contributed by atoms with Gasteiger partial charge in [0, 0.05) is 34.8 Å². The normalized spacial score (nSPS) is 12.5. The number of ether oxygens (including phenoxy) is 2. The van der Waals surface area contributed by atoms with E-state index in [2.05, 4.69) is 5.32 Å². The monoisotopic (exact) mass is 359 g/mol. The third kappa shape index (κ3) is 2.65. The first-order valence-electron chi connectivity index (χ1n) is 7.83. The Labute approximate surface area is 150 Å². The number of ketones is 2. The van der Waals surface area contributed by atoms with E-state index in [4.69, 9.17) is 21.1 Å². The summed E-state index contributed by atoms with van der Waals surface area (Å²) in [6.07, 6.45) is 0. The van der Waals surface area contributed by atoms with Gasteiger partial charge in [-0.25, -0.2) is 0 Å². The number of nitrogens with one attached hydrogen (secondary N) is 1. The number of alkyl halides is 1. The van der Waals surface area contributed by atoms with Gasteiger partial charge in [0.15, 0.2) is 5.78 Å². The highest BCUT2D eigenvalue weighted by atomic mass is 35.5. The van der Waals surface area contributed by atoms with E-state index < -0.39 is 0 Å². The standard InChI is InChI=1S/C19H18ClNO4/c1-10-13(21-8-7-20)9-12-16(19(10)25-3)18(23)15-11(17(12)22)5-4-6-14(15)24-2/h4-6,9,21H,7-8H2,1-3H3. The van der Waals surface area contributed by atoms with Crippen LogP contribution >= 0.6 is 11.6 Å². The maximum atomic E-state index is 13.1. The predicted molar refractivity (Wildman–Crippen MR) is 96.8 cm³/mol. The molecule has 0 heterocycles. The van der Waals surface area contributed by atoms with Gasteiger partial charge in [-0.2, -0.15) is 0 Å². The van der Waals surface area contributed by atoms with Crippen molar-refractivity contribution in [1.82, 2.24) is 0 Å². The van der Waals surface area contributed by atoms with E-state index in [0.29, 0.717) is 35.1 Å². The first kappa shape index (κ1) is 17.3. The zero-order chi connectivity index (χ0) is 18.1. The summed E-state index contributed by atoms with van der Waals surface area (Å²) >= 11 is 5.74. The lowest BCUT2D eigenvalue weighted by atomic mass is 9.81. The van der Waals surface area contributed by atoms with Crippen molar-refractivity contribution in [1.29, 1.82) is 0 Å². The van der Waals surface area contributed by atoms with Gasteiger partial charge in [0.2, 0.25) is 5.78 Å². The van der Waals surface area contributed by atoms with E-state index in [-0.39, 0.29) is 22.7 Å². The van der Waals surface area contributed by atoms with Crippen LogP contribution in [-0.4, -0.2) is 38.2 Å². The summed E-state index contributed by atoms with van der Waals surface area (Å²) < 4.78 is 10.8. The molecule has 3 rings (SSSR count). The number of benzene rings is 2. The number of carbonyl (C=O) groups excluding carboxylic acids is 2. The lowest BCUT2D eigenvalue weighted by Crippen LogP contribution is -2.23. The minimum atomic E-state index is -0.272. The van der Waals surface area contributed by atoms with Crippen molar-refractivity contribution in [2.75, 3.05) is 32.0 Å². The lowest BCUT2D eigenvalue weighted by Gasteiger charge is -2.24. The van der Waals surface area contributed by atoms with Gasteiger partial charge in [-0.05, 0) is 19.1 Å². The third-order valence-corrected chi connectivity index (χ3v) is 4.52. The minimum Gasteiger partial charge on any atom is -0.496 e. The van der Waals surface area contributed by atoms with E-state index in [0.717, 1.165) is 11.3 Å². The molecule has 0 atom stereocenters. The van der Waals surface area contributed by atoms with Crippen LogP contribution in [-0.2, 0) is 0 Å². The molecule has 0 radical (unpaired) electrons. The Morgan fingerprint density at radius 2 is 1.80 bits per heavy atom. The van der Waals surface area contributed by atoms with Gasteiger partial charge in [0.05, 0.1) is 25.3 Å². The van der Waals surface area contributed by atoms with Crippen LogP contribution in [0.3, 0.4) is 0 Å². The van der Waals surface area contributed by atoms with Gasteiger partial charge in [-0.1, -0.05) is 12.1 Å². The molecule has 0 bridgehead atoms. The topological polar surface area (TPSA) is 64.6 Å². The molecule has 0 saturated carbocycles. The fourth-order valence-corrected chi connectivity index (χ4v) is 3.27. The van der Waals surface area contributed by atoms with E-state index in [1.807, 2.05) is 6.92 Å². The van der Waals surface area contributed by atoms with Gasteiger partial charge in [0.25, 0.3) is 0 Å². The second-order valence-corrected chi connectivity index (χ2v) is 6.04. The van der Waals surface area contributed by atoms with Crippen molar-refractivity contribution in [3.8, 4) is 11.5 Å². The van der Waals surface area contributed by atoms with Crippen LogP contribution in [0.5, 0.6) is 11.5 Å². The quantitative estimate of drug-likeness (QED) is 0.707. The molecule has 0 amide bonds. The molecule has 0 fully saturated rings. The molecule has 0 spiro atoms. The van der Waals surface area contributed by atoms with E-state index in [1.54, 1.807) is 24.3 Å². The molecule has 0 aromatic heterocycles. The average molecular weight is 360 g/mol. The maximum Gasteiger partial charge on any atom is 0.201 e. The van der Waals surface area contributed by atoms with E-state index in [9.17, 15) is 9.59 Å². The first-order chi connectivity index (χ1) is 12.0. The van der Waals surface area contributed by atoms with Crippen molar-refractivity contribution >= 4 is 28.9 Å². The number of anilines is 1. The molecular formula is C19H18ClNO4. The van der Waals surface area contributed by atoms with E-state index in [1.165, 1.54) is 14.2 Å². The van der Waals surface area contributed by atoms with Crippen LogP contribution in [0, 0.1) is 6.92 Å². The molecule has 0 unspecified atom stereocenters. The Morgan fingerprint density at radius 3 is 2.44 bits per heavy atom. The van der Waals surface area contributed by atoms with Gasteiger partial charge >= 0.3 is 0 Å². The van der Waals surface area contributed by atoms with E-state index >= 15 is 0 Å². The van der Waals surface area contributed by atoms with Gasteiger partial charge in [0.1, 0.15) is 11.5 Å². The average Bonchev–Trinajstić information content (AvgIpc) is 2.63. The summed E-state index contributed by atoms with van der Waals surface area (Å²) in [4.78, 5) is 26.1. The fourth-order valence-electron chi connectivity index (χ4n) is 3.18. The van der Waals surface area contributed by atoms with Crippen molar-refractivity contribution < 1.29 is 19.1 Å². The van der Waals surface area contributed by atoms with Gasteiger partial charge in [-0.15, -0.1) is 11.6 Å². The number of hydrogen-bond donors (Lipinski definition) is 1. The molecule has 25 heavy (non-hydrogen) atoms. The summed E-state index contributed by atoms with van der Waals surface area (Å²) in [5, 5.41) is 3.17. The lowest BCUT2D eigenvalue weighted by molar-refractivity contribution is 0.0974. The molecular weight excluding hydrogens is 342 g/mol.